The number of carbonyl (C=O) groups is 1. The monoisotopic (exact) mass is 186 g/mol. The molecule has 4 heteroatoms. The molecule has 1 aliphatic carbocycles. The molecule has 4 nitrogen and oxygen atoms in total. The number of rotatable bonds is 5. The van der Waals surface area contributed by atoms with Crippen molar-refractivity contribution < 1.29 is 9.90 Å². The van der Waals surface area contributed by atoms with Crippen LogP contribution >= 0.6 is 0 Å². The highest BCUT2D eigenvalue weighted by atomic mass is 16.3. The predicted octanol–water partition coefficient (Wildman–Crippen LogP) is -0.245. The SMILES string of the molecule is CCC(N)CC(=O)NC1(CO)CC1. The minimum Gasteiger partial charge on any atom is -0.394 e. The molecular formula is C9H18N2O2. The van der Waals surface area contributed by atoms with Gasteiger partial charge in [-0.2, -0.15) is 0 Å². The lowest BCUT2D eigenvalue weighted by molar-refractivity contribution is -0.122. The van der Waals surface area contributed by atoms with E-state index in [-0.39, 0.29) is 24.1 Å². The summed E-state index contributed by atoms with van der Waals surface area (Å²) in [5, 5.41) is 11.8. The van der Waals surface area contributed by atoms with Crippen molar-refractivity contribution >= 4 is 5.91 Å². The number of aliphatic hydroxyl groups is 1. The van der Waals surface area contributed by atoms with Gasteiger partial charge in [0, 0.05) is 12.5 Å². The van der Waals surface area contributed by atoms with Crippen LogP contribution in [0, 0.1) is 0 Å². The van der Waals surface area contributed by atoms with E-state index in [0.717, 1.165) is 19.3 Å². The summed E-state index contributed by atoms with van der Waals surface area (Å²) in [6.45, 7) is 2.00. The first-order valence-corrected chi connectivity index (χ1v) is 4.79. The van der Waals surface area contributed by atoms with Crippen molar-refractivity contribution in [2.75, 3.05) is 6.61 Å². The Balaban J connectivity index is 2.25. The number of aliphatic hydroxyl groups excluding tert-OH is 1. The number of nitrogens with two attached hydrogens (primary N) is 1. The molecule has 1 amide bonds. The molecular weight excluding hydrogens is 168 g/mol. The Kier molecular flexibility index (Phi) is 3.27. The van der Waals surface area contributed by atoms with E-state index in [1.54, 1.807) is 0 Å². The zero-order chi connectivity index (χ0) is 9.90. The molecule has 0 aromatic carbocycles. The zero-order valence-electron chi connectivity index (χ0n) is 8.05. The summed E-state index contributed by atoms with van der Waals surface area (Å²) in [4.78, 5) is 11.3. The molecule has 0 radical (unpaired) electrons. The standard InChI is InChI=1S/C9H18N2O2/c1-2-7(10)5-8(13)11-9(6-12)3-4-9/h7,12H,2-6,10H2,1H3,(H,11,13). The largest absolute Gasteiger partial charge is 0.394 e. The number of carbonyl (C=O) groups excluding carboxylic acids is 1. The average molecular weight is 186 g/mol. The van der Waals surface area contributed by atoms with E-state index >= 15 is 0 Å². The summed E-state index contributed by atoms with van der Waals surface area (Å²) in [7, 11) is 0. The molecule has 0 aromatic rings. The van der Waals surface area contributed by atoms with Crippen LogP contribution in [-0.4, -0.2) is 29.2 Å². The van der Waals surface area contributed by atoms with E-state index in [1.165, 1.54) is 0 Å². The molecule has 0 heterocycles. The van der Waals surface area contributed by atoms with E-state index in [9.17, 15) is 4.79 Å². The Labute approximate surface area is 78.5 Å². The second kappa shape index (κ2) is 4.07. The lowest BCUT2D eigenvalue weighted by atomic mass is 10.1. The van der Waals surface area contributed by atoms with Crippen molar-refractivity contribution in [1.82, 2.24) is 5.32 Å². The fourth-order valence-electron chi connectivity index (χ4n) is 1.20. The quantitative estimate of drug-likeness (QED) is 0.554. The van der Waals surface area contributed by atoms with Crippen LogP contribution < -0.4 is 11.1 Å². The van der Waals surface area contributed by atoms with Crippen LogP contribution in [-0.2, 0) is 4.79 Å². The number of hydrogen-bond acceptors (Lipinski definition) is 3. The molecule has 0 saturated heterocycles. The third-order valence-corrected chi connectivity index (χ3v) is 2.53. The Morgan fingerprint density at radius 2 is 2.31 bits per heavy atom. The fourth-order valence-corrected chi connectivity index (χ4v) is 1.20. The molecule has 1 unspecified atom stereocenters. The van der Waals surface area contributed by atoms with Gasteiger partial charge in [-0.1, -0.05) is 6.92 Å². The number of hydrogen-bond donors (Lipinski definition) is 3. The Morgan fingerprint density at radius 1 is 1.69 bits per heavy atom. The topological polar surface area (TPSA) is 75.4 Å². The maximum atomic E-state index is 11.3. The van der Waals surface area contributed by atoms with Crippen LogP contribution in [0.1, 0.15) is 32.6 Å². The Bertz CT molecular complexity index is 190. The zero-order valence-corrected chi connectivity index (χ0v) is 8.05. The highest BCUT2D eigenvalue weighted by Gasteiger charge is 2.43. The van der Waals surface area contributed by atoms with Crippen LogP contribution in [0.2, 0.25) is 0 Å². The van der Waals surface area contributed by atoms with Crippen LogP contribution in [0.5, 0.6) is 0 Å². The number of nitrogens with one attached hydrogen (secondary N) is 1. The molecule has 1 rings (SSSR count). The summed E-state index contributed by atoms with van der Waals surface area (Å²) in [6, 6.07) is -0.0607. The van der Waals surface area contributed by atoms with Gasteiger partial charge >= 0.3 is 0 Å². The summed E-state index contributed by atoms with van der Waals surface area (Å²) in [5.74, 6) is -0.0408. The molecule has 4 N–H and O–H groups in total. The minimum atomic E-state index is -0.301. The fraction of sp³-hybridized carbons (Fsp3) is 0.889. The molecule has 1 atom stereocenters. The van der Waals surface area contributed by atoms with Crippen LogP contribution in [0.4, 0.5) is 0 Å². The van der Waals surface area contributed by atoms with Crippen LogP contribution in [0.3, 0.4) is 0 Å². The molecule has 0 spiro atoms. The Morgan fingerprint density at radius 3 is 2.69 bits per heavy atom. The highest BCUT2D eigenvalue weighted by Crippen LogP contribution is 2.34. The van der Waals surface area contributed by atoms with Crippen molar-refractivity contribution in [3.8, 4) is 0 Å². The second-order valence-electron chi connectivity index (χ2n) is 3.86. The molecule has 1 saturated carbocycles. The number of amides is 1. The van der Waals surface area contributed by atoms with Gasteiger partial charge in [-0.3, -0.25) is 4.79 Å². The summed E-state index contributed by atoms with van der Waals surface area (Å²) >= 11 is 0. The van der Waals surface area contributed by atoms with Crippen molar-refractivity contribution in [3.05, 3.63) is 0 Å². The minimum absolute atomic E-state index is 0.0408. The average Bonchev–Trinajstić information content (AvgIpc) is 2.85. The van der Waals surface area contributed by atoms with Crippen LogP contribution in [0.25, 0.3) is 0 Å². The van der Waals surface area contributed by atoms with E-state index in [2.05, 4.69) is 5.32 Å². The van der Waals surface area contributed by atoms with Gasteiger partial charge in [0.15, 0.2) is 0 Å². The molecule has 1 aliphatic rings. The smallest absolute Gasteiger partial charge is 0.222 e. The van der Waals surface area contributed by atoms with Crippen molar-refractivity contribution in [3.63, 3.8) is 0 Å². The maximum absolute atomic E-state index is 11.3. The normalized spacial score (nSPS) is 20.8. The third-order valence-electron chi connectivity index (χ3n) is 2.53. The molecule has 1 fully saturated rings. The van der Waals surface area contributed by atoms with Gasteiger partial charge in [-0.15, -0.1) is 0 Å². The van der Waals surface area contributed by atoms with E-state index < -0.39 is 0 Å². The first-order valence-electron chi connectivity index (χ1n) is 4.79. The van der Waals surface area contributed by atoms with Gasteiger partial charge < -0.3 is 16.2 Å². The van der Waals surface area contributed by atoms with Crippen molar-refractivity contribution in [1.29, 1.82) is 0 Å². The van der Waals surface area contributed by atoms with E-state index in [4.69, 9.17) is 10.8 Å². The van der Waals surface area contributed by atoms with Gasteiger partial charge in [0.25, 0.3) is 0 Å². The maximum Gasteiger partial charge on any atom is 0.222 e. The lowest BCUT2D eigenvalue weighted by Crippen LogP contribution is -2.41. The van der Waals surface area contributed by atoms with Gasteiger partial charge in [0.2, 0.25) is 5.91 Å². The first-order chi connectivity index (χ1) is 6.12. The molecule has 0 bridgehead atoms. The molecule has 13 heavy (non-hydrogen) atoms. The van der Waals surface area contributed by atoms with E-state index in [0.29, 0.717) is 6.42 Å². The summed E-state index contributed by atoms with van der Waals surface area (Å²) in [5.41, 5.74) is 5.33. The summed E-state index contributed by atoms with van der Waals surface area (Å²) in [6.07, 6.45) is 2.94. The summed E-state index contributed by atoms with van der Waals surface area (Å²) < 4.78 is 0. The first kappa shape index (κ1) is 10.5. The van der Waals surface area contributed by atoms with Gasteiger partial charge in [0.05, 0.1) is 12.1 Å². The van der Waals surface area contributed by atoms with Gasteiger partial charge in [-0.05, 0) is 19.3 Å². The molecule has 0 aromatic heterocycles. The lowest BCUT2D eigenvalue weighted by Gasteiger charge is -2.15. The molecule has 76 valence electrons. The third kappa shape index (κ3) is 2.97. The second-order valence-corrected chi connectivity index (χ2v) is 3.86. The van der Waals surface area contributed by atoms with Crippen LogP contribution in [0.15, 0.2) is 0 Å². The predicted molar refractivity (Wildman–Crippen MR) is 50.1 cm³/mol. The van der Waals surface area contributed by atoms with Crippen molar-refractivity contribution in [2.45, 2.75) is 44.2 Å². The molecule has 0 aliphatic heterocycles. The Hall–Kier alpha value is -0.610. The van der Waals surface area contributed by atoms with Gasteiger partial charge in [-0.25, -0.2) is 0 Å². The highest BCUT2D eigenvalue weighted by molar-refractivity contribution is 5.77. The van der Waals surface area contributed by atoms with Gasteiger partial charge in [0.1, 0.15) is 0 Å². The van der Waals surface area contributed by atoms with Crippen molar-refractivity contribution in [2.24, 2.45) is 5.73 Å². The van der Waals surface area contributed by atoms with E-state index in [1.807, 2.05) is 6.92 Å².